The lowest BCUT2D eigenvalue weighted by Crippen LogP contribution is -2.37. The van der Waals surface area contributed by atoms with E-state index in [1.807, 2.05) is 20.8 Å². The molecule has 116 valence electrons. The summed E-state index contributed by atoms with van der Waals surface area (Å²) in [4.78, 5) is 1.06. The molecule has 1 aromatic heterocycles. The highest BCUT2D eigenvalue weighted by Crippen LogP contribution is 2.26. The Bertz CT molecular complexity index is 512. The molecule has 7 heteroatoms. The SMILES string of the molecule is CCNCc1sc(S(=O)(=O)NC(CC)COC)cc1C. The number of hydrogen-bond donors (Lipinski definition) is 2. The maximum Gasteiger partial charge on any atom is 0.250 e. The fourth-order valence-corrected chi connectivity index (χ4v) is 4.63. The van der Waals surface area contributed by atoms with Crippen molar-refractivity contribution in [2.24, 2.45) is 0 Å². The minimum absolute atomic E-state index is 0.190. The van der Waals surface area contributed by atoms with Crippen molar-refractivity contribution in [1.29, 1.82) is 0 Å². The molecule has 1 aromatic rings. The number of rotatable bonds is 9. The normalized spacial score (nSPS) is 13.6. The lowest BCUT2D eigenvalue weighted by atomic mass is 10.3. The quantitative estimate of drug-likeness (QED) is 0.729. The Kier molecular flexibility index (Phi) is 7.11. The van der Waals surface area contributed by atoms with Gasteiger partial charge in [0.2, 0.25) is 10.0 Å². The van der Waals surface area contributed by atoms with Gasteiger partial charge in [0, 0.05) is 24.6 Å². The second-order valence-electron chi connectivity index (χ2n) is 4.63. The first-order chi connectivity index (χ1) is 9.44. The summed E-state index contributed by atoms with van der Waals surface area (Å²) >= 11 is 1.32. The van der Waals surface area contributed by atoms with Crippen molar-refractivity contribution in [3.05, 3.63) is 16.5 Å². The third-order valence-electron chi connectivity index (χ3n) is 2.98. The Morgan fingerprint density at radius 2 is 2.10 bits per heavy atom. The molecular formula is C13H24N2O3S2. The molecular weight excluding hydrogens is 296 g/mol. The van der Waals surface area contributed by atoms with Gasteiger partial charge in [0.1, 0.15) is 4.21 Å². The Labute approximate surface area is 125 Å². The first-order valence-electron chi connectivity index (χ1n) is 6.75. The summed E-state index contributed by atoms with van der Waals surface area (Å²) in [5.41, 5.74) is 1.01. The van der Waals surface area contributed by atoms with Gasteiger partial charge in [0.05, 0.1) is 6.61 Å². The summed E-state index contributed by atoms with van der Waals surface area (Å²) in [6, 6.07) is 1.55. The number of thiophene rings is 1. The smallest absolute Gasteiger partial charge is 0.250 e. The molecule has 0 amide bonds. The number of sulfonamides is 1. The van der Waals surface area contributed by atoms with Crippen molar-refractivity contribution in [2.75, 3.05) is 20.3 Å². The average molecular weight is 320 g/mol. The highest BCUT2D eigenvalue weighted by atomic mass is 32.2. The van der Waals surface area contributed by atoms with Crippen molar-refractivity contribution in [1.82, 2.24) is 10.0 Å². The molecule has 0 saturated carbocycles. The third kappa shape index (κ3) is 4.82. The van der Waals surface area contributed by atoms with E-state index in [-0.39, 0.29) is 6.04 Å². The number of hydrogen-bond acceptors (Lipinski definition) is 5. The van der Waals surface area contributed by atoms with Crippen molar-refractivity contribution >= 4 is 21.4 Å². The molecule has 0 aliphatic carbocycles. The summed E-state index contributed by atoms with van der Waals surface area (Å²) in [5, 5.41) is 3.22. The molecule has 1 heterocycles. The van der Waals surface area contributed by atoms with Crippen LogP contribution in [0.25, 0.3) is 0 Å². The zero-order valence-electron chi connectivity index (χ0n) is 12.5. The van der Waals surface area contributed by atoms with E-state index in [4.69, 9.17) is 4.74 Å². The predicted molar refractivity (Wildman–Crippen MR) is 82.7 cm³/mol. The molecule has 0 spiro atoms. The zero-order chi connectivity index (χ0) is 15.2. The average Bonchev–Trinajstić information content (AvgIpc) is 2.78. The van der Waals surface area contributed by atoms with Crippen molar-refractivity contribution in [3.63, 3.8) is 0 Å². The minimum Gasteiger partial charge on any atom is -0.383 e. The van der Waals surface area contributed by atoms with Crippen LogP contribution < -0.4 is 10.0 Å². The fourth-order valence-electron chi connectivity index (χ4n) is 1.75. The van der Waals surface area contributed by atoms with E-state index in [2.05, 4.69) is 10.0 Å². The highest BCUT2D eigenvalue weighted by Gasteiger charge is 2.22. The zero-order valence-corrected chi connectivity index (χ0v) is 14.2. The summed E-state index contributed by atoms with van der Waals surface area (Å²) in [5.74, 6) is 0. The molecule has 0 bridgehead atoms. The van der Waals surface area contributed by atoms with Gasteiger partial charge >= 0.3 is 0 Å². The van der Waals surface area contributed by atoms with Crippen LogP contribution in [0.5, 0.6) is 0 Å². The van der Waals surface area contributed by atoms with Crippen LogP contribution >= 0.6 is 11.3 Å². The van der Waals surface area contributed by atoms with E-state index in [0.29, 0.717) is 23.8 Å². The standard InChI is InChI=1S/C13H24N2O3S2/c1-5-11(9-18-4)15-20(16,17)13-7-10(3)12(19-13)8-14-6-2/h7,11,14-15H,5-6,8-9H2,1-4H3. The first kappa shape index (κ1) is 17.6. The van der Waals surface area contributed by atoms with Gasteiger partial charge < -0.3 is 10.1 Å². The van der Waals surface area contributed by atoms with Gasteiger partial charge in [-0.15, -0.1) is 11.3 Å². The van der Waals surface area contributed by atoms with Crippen LogP contribution in [-0.2, 0) is 21.3 Å². The van der Waals surface area contributed by atoms with Crippen LogP contribution in [0.3, 0.4) is 0 Å². The van der Waals surface area contributed by atoms with Crippen LogP contribution in [0.2, 0.25) is 0 Å². The molecule has 1 rings (SSSR count). The number of ether oxygens (including phenoxy) is 1. The van der Waals surface area contributed by atoms with Gasteiger partial charge in [0.25, 0.3) is 0 Å². The van der Waals surface area contributed by atoms with E-state index in [1.54, 1.807) is 13.2 Å². The summed E-state index contributed by atoms with van der Waals surface area (Å²) < 4.78 is 32.8. The molecule has 1 unspecified atom stereocenters. The van der Waals surface area contributed by atoms with Crippen LogP contribution in [0.1, 0.15) is 30.7 Å². The maximum absolute atomic E-state index is 12.3. The van der Waals surface area contributed by atoms with Crippen LogP contribution in [0.4, 0.5) is 0 Å². The van der Waals surface area contributed by atoms with E-state index in [0.717, 1.165) is 17.0 Å². The molecule has 20 heavy (non-hydrogen) atoms. The molecule has 2 N–H and O–H groups in total. The summed E-state index contributed by atoms with van der Waals surface area (Å²) in [6.07, 6.45) is 0.696. The molecule has 0 aliphatic rings. The molecule has 5 nitrogen and oxygen atoms in total. The van der Waals surface area contributed by atoms with Gasteiger partial charge in [-0.3, -0.25) is 0 Å². The molecule has 1 atom stereocenters. The van der Waals surface area contributed by atoms with Gasteiger partial charge in [-0.2, -0.15) is 0 Å². The Hall–Kier alpha value is -0.470. The largest absolute Gasteiger partial charge is 0.383 e. The third-order valence-corrected chi connectivity index (χ3v) is 6.21. The van der Waals surface area contributed by atoms with Crippen molar-refractivity contribution in [2.45, 2.75) is 44.0 Å². The molecule has 0 saturated heterocycles. The van der Waals surface area contributed by atoms with Gasteiger partial charge in [-0.1, -0.05) is 13.8 Å². The molecule has 0 radical (unpaired) electrons. The Balaban J connectivity index is 2.86. The van der Waals surface area contributed by atoms with Gasteiger partial charge in [-0.05, 0) is 31.5 Å². The van der Waals surface area contributed by atoms with E-state index in [9.17, 15) is 8.42 Å². The second kappa shape index (κ2) is 8.09. The molecule has 0 aliphatic heterocycles. The van der Waals surface area contributed by atoms with Crippen LogP contribution in [0, 0.1) is 6.92 Å². The predicted octanol–water partition coefficient (Wildman–Crippen LogP) is 1.87. The van der Waals surface area contributed by atoms with E-state index >= 15 is 0 Å². The van der Waals surface area contributed by atoms with Gasteiger partial charge in [0.15, 0.2) is 0 Å². The van der Waals surface area contributed by atoms with E-state index in [1.165, 1.54) is 11.3 Å². The topological polar surface area (TPSA) is 67.4 Å². The first-order valence-corrected chi connectivity index (χ1v) is 9.05. The number of aryl methyl sites for hydroxylation is 1. The molecule has 0 fully saturated rings. The lowest BCUT2D eigenvalue weighted by Gasteiger charge is -2.15. The minimum atomic E-state index is -3.46. The van der Waals surface area contributed by atoms with Crippen molar-refractivity contribution < 1.29 is 13.2 Å². The monoisotopic (exact) mass is 320 g/mol. The Morgan fingerprint density at radius 1 is 1.40 bits per heavy atom. The highest BCUT2D eigenvalue weighted by molar-refractivity contribution is 7.91. The van der Waals surface area contributed by atoms with Gasteiger partial charge in [-0.25, -0.2) is 13.1 Å². The van der Waals surface area contributed by atoms with Crippen LogP contribution in [-0.4, -0.2) is 34.7 Å². The number of methoxy groups -OCH3 is 1. The maximum atomic E-state index is 12.3. The fraction of sp³-hybridized carbons (Fsp3) is 0.692. The van der Waals surface area contributed by atoms with Crippen molar-refractivity contribution in [3.8, 4) is 0 Å². The second-order valence-corrected chi connectivity index (χ2v) is 7.71. The molecule has 0 aromatic carbocycles. The van der Waals surface area contributed by atoms with E-state index < -0.39 is 10.0 Å². The lowest BCUT2D eigenvalue weighted by molar-refractivity contribution is 0.173. The number of nitrogens with one attached hydrogen (secondary N) is 2. The van der Waals surface area contributed by atoms with Crippen LogP contribution in [0.15, 0.2) is 10.3 Å². The Morgan fingerprint density at radius 3 is 2.65 bits per heavy atom. The summed E-state index contributed by atoms with van der Waals surface area (Å²) in [6.45, 7) is 7.85. The summed E-state index contributed by atoms with van der Waals surface area (Å²) in [7, 11) is -1.89.